The van der Waals surface area contributed by atoms with Crippen LogP contribution in [0.5, 0.6) is 0 Å². The molecule has 17 heavy (non-hydrogen) atoms. The number of aromatic nitrogens is 1. The minimum atomic E-state index is -0.740. The number of nitro groups is 1. The van der Waals surface area contributed by atoms with Gasteiger partial charge in [0.1, 0.15) is 12.0 Å². The van der Waals surface area contributed by atoms with Gasteiger partial charge in [0.2, 0.25) is 0 Å². The number of carbonyl (C=O) groups excluding carboxylic acids is 1. The molecule has 8 nitrogen and oxygen atoms in total. The number of hydrogen-bond donors (Lipinski definition) is 3. The van der Waals surface area contributed by atoms with Gasteiger partial charge in [-0.3, -0.25) is 14.9 Å². The molecule has 1 fully saturated rings. The maximum absolute atomic E-state index is 11.2. The highest BCUT2D eigenvalue weighted by Crippen LogP contribution is 2.19. The number of anilines is 1. The number of pyridine rings is 1. The predicted molar refractivity (Wildman–Crippen MR) is 59.7 cm³/mol. The Balaban J connectivity index is 2.30. The number of nitrogens with two attached hydrogens (primary N) is 1. The standard InChI is InChI=1S/C9H11N5O3/c10-8(15)7-1-6(14(16)17)4-12-9(7)13-5-2-11-3-5/h1,4-5,11H,2-3H2,(H2,10,15)(H,12,13). The molecular weight excluding hydrogens is 226 g/mol. The Kier molecular flexibility index (Phi) is 2.88. The van der Waals surface area contributed by atoms with E-state index in [9.17, 15) is 14.9 Å². The van der Waals surface area contributed by atoms with Gasteiger partial charge >= 0.3 is 0 Å². The molecule has 0 unspecified atom stereocenters. The lowest BCUT2D eigenvalue weighted by Gasteiger charge is -2.28. The van der Waals surface area contributed by atoms with Crippen molar-refractivity contribution in [1.29, 1.82) is 0 Å². The van der Waals surface area contributed by atoms with Crippen molar-refractivity contribution >= 4 is 17.4 Å². The molecule has 1 saturated heterocycles. The number of primary amides is 1. The number of amides is 1. The molecule has 0 aliphatic carbocycles. The average Bonchev–Trinajstić information content (AvgIpc) is 2.23. The smallest absolute Gasteiger partial charge is 0.288 e. The number of carbonyl (C=O) groups is 1. The van der Waals surface area contributed by atoms with Gasteiger partial charge < -0.3 is 16.4 Å². The van der Waals surface area contributed by atoms with E-state index >= 15 is 0 Å². The van der Waals surface area contributed by atoms with E-state index in [4.69, 9.17) is 5.73 Å². The lowest BCUT2D eigenvalue weighted by molar-refractivity contribution is -0.385. The van der Waals surface area contributed by atoms with Crippen LogP contribution in [-0.2, 0) is 0 Å². The zero-order chi connectivity index (χ0) is 12.4. The van der Waals surface area contributed by atoms with Crippen molar-refractivity contribution in [3.05, 3.63) is 27.9 Å². The van der Waals surface area contributed by atoms with Gasteiger partial charge in [-0.05, 0) is 0 Å². The fourth-order valence-corrected chi connectivity index (χ4v) is 1.44. The molecule has 90 valence electrons. The van der Waals surface area contributed by atoms with Crippen LogP contribution in [0.4, 0.5) is 11.5 Å². The zero-order valence-corrected chi connectivity index (χ0v) is 8.84. The zero-order valence-electron chi connectivity index (χ0n) is 8.84. The van der Waals surface area contributed by atoms with Crippen LogP contribution < -0.4 is 16.4 Å². The average molecular weight is 237 g/mol. The van der Waals surface area contributed by atoms with E-state index in [1.54, 1.807) is 0 Å². The summed E-state index contributed by atoms with van der Waals surface area (Å²) in [6.45, 7) is 1.52. The van der Waals surface area contributed by atoms with Gasteiger partial charge in [0.15, 0.2) is 0 Å². The molecule has 1 aliphatic heterocycles. The van der Waals surface area contributed by atoms with Crippen LogP contribution in [0.15, 0.2) is 12.3 Å². The molecule has 1 aliphatic rings. The SMILES string of the molecule is NC(=O)c1cc([N+](=O)[O-])cnc1NC1CNC1. The second-order valence-corrected chi connectivity index (χ2v) is 3.71. The maximum Gasteiger partial charge on any atom is 0.288 e. The third-order valence-electron chi connectivity index (χ3n) is 2.47. The van der Waals surface area contributed by atoms with Crippen LogP contribution in [0, 0.1) is 10.1 Å². The molecule has 8 heteroatoms. The summed E-state index contributed by atoms with van der Waals surface area (Å²) in [4.78, 5) is 25.0. The Bertz CT molecular complexity index is 472. The molecule has 1 amide bonds. The first-order valence-electron chi connectivity index (χ1n) is 4.99. The molecule has 0 bridgehead atoms. The van der Waals surface area contributed by atoms with Crippen molar-refractivity contribution in [2.45, 2.75) is 6.04 Å². The summed E-state index contributed by atoms with van der Waals surface area (Å²) in [5.41, 5.74) is 4.94. The Hall–Kier alpha value is -2.22. The summed E-state index contributed by atoms with van der Waals surface area (Å²) in [6, 6.07) is 1.30. The number of rotatable bonds is 4. The van der Waals surface area contributed by atoms with Gasteiger partial charge in [0, 0.05) is 19.2 Å². The minimum absolute atomic E-state index is 0.0334. The summed E-state index contributed by atoms with van der Waals surface area (Å²) in [5, 5.41) is 16.6. The highest BCUT2D eigenvalue weighted by molar-refractivity contribution is 5.98. The van der Waals surface area contributed by atoms with Crippen LogP contribution in [-0.4, -0.2) is 34.9 Å². The monoisotopic (exact) mass is 237 g/mol. The molecule has 0 saturated carbocycles. The van der Waals surface area contributed by atoms with Crippen molar-refractivity contribution < 1.29 is 9.72 Å². The van der Waals surface area contributed by atoms with Crippen molar-refractivity contribution in [1.82, 2.24) is 10.3 Å². The van der Waals surface area contributed by atoms with Gasteiger partial charge in [-0.15, -0.1) is 0 Å². The highest BCUT2D eigenvalue weighted by atomic mass is 16.6. The van der Waals surface area contributed by atoms with Crippen LogP contribution in [0.2, 0.25) is 0 Å². The van der Waals surface area contributed by atoms with Crippen LogP contribution in [0.25, 0.3) is 0 Å². The molecule has 0 atom stereocenters. The molecule has 4 N–H and O–H groups in total. The Labute approximate surface area is 96.4 Å². The van der Waals surface area contributed by atoms with Crippen molar-refractivity contribution in [2.75, 3.05) is 18.4 Å². The molecule has 2 rings (SSSR count). The van der Waals surface area contributed by atoms with Gasteiger partial charge in [-0.25, -0.2) is 4.98 Å². The highest BCUT2D eigenvalue weighted by Gasteiger charge is 2.21. The first-order chi connectivity index (χ1) is 8.08. The minimum Gasteiger partial charge on any atom is -0.365 e. The molecule has 1 aromatic heterocycles. The van der Waals surface area contributed by atoms with E-state index in [2.05, 4.69) is 15.6 Å². The van der Waals surface area contributed by atoms with E-state index < -0.39 is 10.8 Å². The van der Waals surface area contributed by atoms with Crippen molar-refractivity contribution in [3.8, 4) is 0 Å². The Morgan fingerprint density at radius 2 is 2.35 bits per heavy atom. The van der Waals surface area contributed by atoms with E-state index in [-0.39, 0.29) is 23.1 Å². The maximum atomic E-state index is 11.2. The lowest BCUT2D eigenvalue weighted by atomic mass is 10.1. The molecule has 0 radical (unpaired) electrons. The van der Waals surface area contributed by atoms with Crippen molar-refractivity contribution in [2.24, 2.45) is 5.73 Å². The van der Waals surface area contributed by atoms with Crippen LogP contribution in [0.1, 0.15) is 10.4 Å². The summed E-state index contributed by atoms with van der Waals surface area (Å²) < 4.78 is 0. The number of nitrogens with zero attached hydrogens (tertiary/aromatic N) is 2. The van der Waals surface area contributed by atoms with Crippen LogP contribution in [0.3, 0.4) is 0 Å². The fourth-order valence-electron chi connectivity index (χ4n) is 1.44. The normalized spacial score (nSPS) is 15.1. The van der Waals surface area contributed by atoms with E-state index in [1.807, 2.05) is 0 Å². The Morgan fingerprint density at radius 3 is 2.82 bits per heavy atom. The summed E-state index contributed by atoms with van der Waals surface area (Å²) in [6.07, 6.45) is 1.10. The first-order valence-corrected chi connectivity index (χ1v) is 4.99. The fraction of sp³-hybridized carbons (Fsp3) is 0.333. The largest absolute Gasteiger partial charge is 0.365 e. The van der Waals surface area contributed by atoms with Gasteiger partial charge in [-0.2, -0.15) is 0 Å². The first kappa shape index (κ1) is 11.3. The van der Waals surface area contributed by atoms with E-state index in [1.165, 1.54) is 0 Å². The summed E-state index contributed by atoms with van der Waals surface area (Å²) in [5.74, 6) is -0.453. The van der Waals surface area contributed by atoms with Crippen molar-refractivity contribution in [3.63, 3.8) is 0 Å². The summed E-state index contributed by atoms with van der Waals surface area (Å²) in [7, 11) is 0. The lowest BCUT2D eigenvalue weighted by Crippen LogP contribution is -2.51. The van der Waals surface area contributed by atoms with Crippen LogP contribution >= 0.6 is 0 Å². The molecule has 1 aromatic rings. The number of nitrogens with one attached hydrogen (secondary N) is 2. The van der Waals surface area contributed by atoms with Gasteiger partial charge in [0.25, 0.3) is 11.6 Å². The number of hydrogen-bond acceptors (Lipinski definition) is 6. The Morgan fingerprint density at radius 1 is 1.65 bits per heavy atom. The molecule has 2 heterocycles. The third kappa shape index (κ3) is 2.31. The van der Waals surface area contributed by atoms with Gasteiger partial charge in [-0.1, -0.05) is 0 Å². The third-order valence-corrected chi connectivity index (χ3v) is 2.47. The second-order valence-electron chi connectivity index (χ2n) is 3.71. The van der Waals surface area contributed by atoms with Gasteiger partial charge in [0.05, 0.1) is 16.5 Å². The topological polar surface area (TPSA) is 123 Å². The quantitative estimate of drug-likeness (QED) is 0.478. The molecule has 0 aromatic carbocycles. The molecular formula is C9H11N5O3. The second kappa shape index (κ2) is 4.34. The summed E-state index contributed by atoms with van der Waals surface area (Å²) >= 11 is 0. The van der Waals surface area contributed by atoms with E-state index in [0.717, 1.165) is 25.4 Å². The molecule has 0 spiro atoms. The predicted octanol–water partition coefficient (Wildman–Crippen LogP) is -0.528. The van der Waals surface area contributed by atoms with E-state index in [0.29, 0.717) is 0 Å².